The van der Waals surface area contributed by atoms with Crippen LogP contribution in [0.3, 0.4) is 0 Å². The molecule has 1 N–H and O–H groups in total. The molecule has 0 aromatic heterocycles. The van der Waals surface area contributed by atoms with Crippen molar-refractivity contribution in [1.82, 2.24) is 15.1 Å². The molecule has 28 heavy (non-hydrogen) atoms. The molecule has 0 radical (unpaired) electrons. The summed E-state index contributed by atoms with van der Waals surface area (Å²) in [5.74, 6) is -0.0192. The van der Waals surface area contributed by atoms with Crippen LogP contribution >= 0.6 is 0 Å². The molecule has 1 aromatic rings. The highest BCUT2D eigenvalue weighted by Gasteiger charge is 2.33. The average Bonchev–Trinajstić information content (AvgIpc) is 3.22. The van der Waals surface area contributed by atoms with Gasteiger partial charge in [0, 0.05) is 52.9 Å². The molecule has 0 aliphatic carbocycles. The minimum atomic E-state index is -0.550. The van der Waals surface area contributed by atoms with Gasteiger partial charge in [0.1, 0.15) is 0 Å². The minimum absolute atomic E-state index is 0.0101. The van der Waals surface area contributed by atoms with Crippen molar-refractivity contribution in [2.45, 2.75) is 18.9 Å². The lowest BCUT2D eigenvalue weighted by molar-refractivity contribution is -0.144. The summed E-state index contributed by atoms with van der Waals surface area (Å²) in [6, 6.07) is 9.77. The first-order valence-corrected chi connectivity index (χ1v) is 9.72. The van der Waals surface area contributed by atoms with Crippen molar-refractivity contribution in [3.8, 4) is 0 Å². The lowest BCUT2D eigenvalue weighted by Gasteiger charge is -2.35. The van der Waals surface area contributed by atoms with Crippen molar-refractivity contribution in [1.29, 1.82) is 0 Å². The van der Waals surface area contributed by atoms with Crippen LogP contribution in [-0.4, -0.2) is 86.4 Å². The molecule has 1 fully saturated rings. The minimum Gasteiger partial charge on any atom is -0.385 e. The number of methoxy groups -OCH3 is 1. The second-order valence-corrected chi connectivity index (χ2v) is 7.00. The number of hydrogen-bond donors (Lipinski definition) is 1. The third-order valence-electron chi connectivity index (χ3n) is 4.95. The SMILES string of the molecule is COCCCNC(=O)CN1CCN(C(=O)C2CC(c3ccccc3)=NO2)CC1. The Labute approximate surface area is 165 Å². The van der Waals surface area contributed by atoms with Gasteiger partial charge in [0.15, 0.2) is 0 Å². The van der Waals surface area contributed by atoms with E-state index in [1.54, 1.807) is 12.0 Å². The van der Waals surface area contributed by atoms with Crippen molar-refractivity contribution in [2.75, 3.05) is 53.0 Å². The zero-order chi connectivity index (χ0) is 19.8. The summed E-state index contributed by atoms with van der Waals surface area (Å²) in [5, 5.41) is 6.98. The number of amides is 2. The van der Waals surface area contributed by atoms with Crippen molar-refractivity contribution < 1.29 is 19.2 Å². The maximum absolute atomic E-state index is 12.7. The first-order chi connectivity index (χ1) is 13.7. The predicted octanol–water partition coefficient (Wildman–Crippen LogP) is 0.477. The molecular weight excluding hydrogens is 360 g/mol. The molecule has 2 aliphatic rings. The second kappa shape index (κ2) is 10.2. The van der Waals surface area contributed by atoms with Crippen molar-refractivity contribution in [3.05, 3.63) is 35.9 Å². The molecule has 1 saturated heterocycles. The molecule has 1 unspecified atom stereocenters. The molecule has 152 valence electrons. The van der Waals surface area contributed by atoms with Gasteiger partial charge in [-0.2, -0.15) is 0 Å². The summed E-state index contributed by atoms with van der Waals surface area (Å²) in [6.07, 6.45) is 0.747. The van der Waals surface area contributed by atoms with Crippen LogP contribution < -0.4 is 5.32 Å². The van der Waals surface area contributed by atoms with Crippen LogP contribution in [0.25, 0.3) is 0 Å². The van der Waals surface area contributed by atoms with Gasteiger partial charge in [-0.05, 0) is 12.0 Å². The van der Waals surface area contributed by atoms with E-state index < -0.39 is 6.10 Å². The molecule has 0 spiro atoms. The number of ether oxygens (including phenoxy) is 1. The zero-order valence-electron chi connectivity index (χ0n) is 16.3. The van der Waals surface area contributed by atoms with Gasteiger partial charge in [-0.1, -0.05) is 35.5 Å². The normalized spacial score (nSPS) is 19.8. The van der Waals surface area contributed by atoms with Crippen LogP contribution in [0.4, 0.5) is 0 Å². The molecule has 0 bridgehead atoms. The van der Waals surface area contributed by atoms with Crippen molar-refractivity contribution in [2.24, 2.45) is 5.16 Å². The molecule has 2 amide bonds. The molecule has 2 aliphatic heterocycles. The zero-order valence-corrected chi connectivity index (χ0v) is 16.3. The molecule has 1 atom stereocenters. The van der Waals surface area contributed by atoms with E-state index in [0.717, 1.165) is 17.7 Å². The Morgan fingerprint density at radius 1 is 1.21 bits per heavy atom. The summed E-state index contributed by atoms with van der Waals surface area (Å²) < 4.78 is 4.96. The van der Waals surface area contributed by atoms with Gasteiger partial charge in [0.05, 0.1) is 12.3 Å². The standard InChI is InChI=1S/C20H28N4O4/c1-27-13-5-8-21-19(25)15-23-9-11-24(12-10-23)20(26)18-14-17(22-28-18)16-6-3-2-4-7-16/h2-4,6-7,18H,5,8-15H2,1H3,(H,21,25). The highest BCUT2D eigenvalue weighted by molar-refractivity contribution is 6.04. The monoisotopic (exact) mass is 388 g/mol. The molecule has 8 nitrogen and oxygen atoms in total. The second-order valence-electron chi connectivity index (χ2n) is 7.00. The third kappa shape index (κ3) is 5.53. The fourth-order valence-corrected chi connectivity index (χ4v) is 3.34. The fraction of sp³-hybridized carbons (Fsp3) is 0.550. The summed E-state index contributed by atoms with van der Waals surface area (Å²) in [4.78, 5) is 34.0. The number of nitrogens with zero attached hydrogens (tertiary/aromatic N) is 3. The van der Waals surface area contributed by atoms with Gasteiger partial charge in [-0.3, -0.25) is 14.5 Å². The highest BCUT2D eigenvalue weighted by Crippen LogP contribution is 2.19. The van der Waals surface area contributed by atoms with Crippen molar-refractivity contribution in [3.63, 3.8) is 0 Å². The molecule has 1 aromatic carbocycles. The largest absolute Gasteiger partial charge is 0.385 e. The first kappa shape index (κ1) is 20.3. The molecule has 2 heterocycles. The highest BCUT2D eigenvalue weighted by atomic mass is 16.6. The Morgan fingerprint density at radius 2 is 1.96 bits per heavy atom. The molecule has 0 saturated carbocycles. The Balaban J connectivity index is 1.38. The van der Waals surface area contributed by atoms with Crippen LogP contribution in [0.2, 0.25) is 0 Å². The first-order valence-electron chi connectivity index (χ1n) is 9.72. The summed E-state index contributed by atoms with van der Waals surface area (Å²) >= 11 is 0. The summed E-state index contributed by atoms with van der Waals surface area (Å²) in [7, 11) is 1.65. The fourth-order valence-electron chi connectivity index (χ4n) is 3.34. The van der Waals surface area contributed by atoms with Gasteiger partial charge in [-0.15, -0.1) is 0 Å². The van der Waals surface area contributed by atoms with E-state index in [1.807, 2.05) is 30.3 Å². The molecular formula is C20H28N4O4. The average molecular weight is 388 g/mol. The van der Waals surface area contributed by atoms with E-state index in [9.17, 15) is 9.59 Å². The Morgan fingerprint density at radius 3 is 2.68 bits per heavy atom. The number of rotatable bonds is 8. The van der Waals surface area contributed by atoms with Crippen LogP contribution in [0.1, 0.15) is 18.4 Å². The number of nitrogens with one attached hydrogen (secondary N) is 1. The van der Waals surface area contributed by atoms with Crippen LogP contribution in [0.15, 0.2) is 35.5 Å². The van der Waals surface area contributed by atoms with E-state index >= 15 is 0 Å². The van der Waals surface area contributed by atoms with Gasteiger partial charge >= 0.3 is 0 Å². The Hall–Kier alpha value is -2.45. The van der Waals surface area contributed by atoms with Crippen molar-refractivity contribution >= 4 is 17.5 Å². The van der Waals surface area contributed by atoms with Gasteiger partial charge < -0.3 is 19.8 Å². The van der Waals surface area contributed by atoms with E-state index in [4.69, 9.17) is 9.57 Å². The lowest BCUT2D eigenvalue weighted by atomic mass is 10.0. The number of hydrogen-bond acceptors (Lipinski definition) is 6. The Bertz CT molecular complexity index is 687. The number of carbonyl (C=O) groups is 2. The molecule has 3 rings (SSSR count). The van der Waals surface area contributed by atoms with E-state index in [2.05, 4.69) is 15.4 Å². The number of carbonyl (C=O) groups excluding carboxylic acids is 2. The third-order valence-corrected chi connectivity index (χ3v) is 4.95. The number of benzene rings is 1. The topological polar surface area (TPSA) is 83.5 Å². The van der Waals surface area contributed by atoms with Crippen LogP contribution in [0, 0.1) is 0 Å². The smallest absolute Gasteiger partial charge is 0.266 e. The quantitative estimate of drug-likeness (QED) is 0.655. The van der Waals surface area contributed by atoms with Gasteiger partial charge in [0.2, 0.25) is 12.0 Å². The maximum Gasteiger partial charge on any atom is 0.266 e. The van der Waals surface area contributed by atoms with E-state index in [0.29, 0.717) is 52.3 Å². The van der Waals surface area contributed by atoms with E-state index in [-0.39, 0.29) is 11.8 Å². The number of oxime groups is 1. The molecule has 8 heteroatoms. The number of piperazine rings is 1. The summed E-state index contributed by atoms with van der Waals surface area (Å²) in [5.41, 5.74) is 1.79. The maximum atomic E-state index is 12.7. The van der Waals surface area contributed by atoms with E-state index in [1.165, 1.54) is 0 Å². The van der Waals surface area contributed by atoms with Gasteiger partial charge in [-0.25, -0.2) is 0 Å². The van der Waals surface area contributed by atoms with Crippen LogP contribution in [-0.2, 0) is 19.2 Å². The van der Waals surface area contributed by atoms with Crippen LogP contribution in [0.5, 0.6) is 0 Å². The Kier molecular flexibility index (Phi) is 7.39. The summed E-state index contributed by atoms with van der Waals surface area (Å²) in [6.45, 7) is 4.16. The predicted molar refractivity (Wildman–Crippen MR) is 105 cm³/mol. The lowest BCUT2D eigenvalue weighted by Crippen LogP contribution is -2.53. The van der Waals surface area contributed by atoms with Gasteiger partial charge in [0.25, 0.3) is 5.91 Å².